The molecule has 6 nitrogen and oxygen atoms in total. The summed E-state index contributed by atoms with van der Waals surface area (Å²) in [6.07, 6.45) is 2.77. The molecule has 0 aliphatic heterocycles. The zero-order valence-electron chi connectivity index (χ0n) is 18.3. The molecular weight excluding hydrogens is 444 g/mol. The summed E-state index contributed by atoms with van der Waals surface area (Å²) in [5.74, 6) is -1.80. The van der Waals surface area contributed by atoms with Gasteiger partial charge in [-0.2, -0.15) is 12.6 Å². The molecule has 0 saturated heterocycles. The molecule has 0 radical (unpaired) electrons. The maximum atomic E-state index is 13.2. The van der Waals surface area contributed by atoms with Gasteiger partial charge in [0.1, 0.15) is 11.6 Å². The fourth-order valence-electron chi connectivity index (χ4n) is 3.94. The predicted molar refractivity (Wildman–Crippen MR) is 130 cm³/mol. The van der Waals surface area contributed by atoms with Crippen molar-refractivity contribution in [3.63, 3.8) is 0 Å². The van der Waals surface area contributed by atoms with Crippen LogP contribution in [0, 0.1) is 5.92 Å². The topological polar surface area (TPSA) is 95.5 Å². The molecule has 1 heterocycles. The molecule has 2 amide bonds. The van der Waals surface area contributed by atoms with Gasteiger partial charge in [-0.05, 0) is 36.5 Å². The third kappa shape index (κ3) is 5.72. The number of benzene rings is 1. The van der Waals surface area contributed by atoms with E-state index in [0.717, 1.165) is 28.2 Å². The molecule has 2 atom stereocenters. The fraction of sp³-hybridized carbons (Fsp3) is 0.458. The summed E-state index contributed by atoms with van der Waals surface area (Å²) in [6, 6.07) is 12.7. The Morgan fingerprint density at radius 1 is 1.09 bits per heavy atom. The van der Waals surface area contributed by atoms with Crippen LogP contribution in [-0.2, 0) is 20.8 Å². The van der Waals surface area contributed by atoms with Gasteiger partial charge in [-0.25, -0.2) is 4.79 Å². The van der Waals surface area contributed by atoms with Crippen LogP contribution < -0.4 is 10.6 Å². The standard InChI is InChI=1S/C24H30N2O4S2/c1-15(2)20(31)21(27)26-24(12-6-7-13-24)23(30)25-18(22(28)29)14-17-10-11-19(32-17)16-8-4-3-5-9-16/h3-5,8-11,15,18,20,31H,6-7,12-14H2,1-2H3,(H,25,30)(H,26,27)(H,28,29). The number of carbonyl (C=O) groups excluding carboxylic acids is 2. The lowest BCUT2D eigenvalue weighted by Crippen LogP contribution is -2.61. The highest BCUT2D eigenvalue weighted by molar-refractivity contribution is 7.81. The van der Waals surface area contributed by atoms with Gasteiger partial charge < -0.3 is 15.7 Å². The normalized spacial score (nSPS) is 17.0. The van der Waals surface area contributed by atoms with Crippen molar-refractivity contribution in [2.75, 3.05) is 0 Å². The zero-order valence-corrected chi connectivity index (χ0v) is 20.0. The minimum absolute atomic E-state index is 0.0178. The summed E-state index contributed by atoms with van der Waals surface area (Å²) >= 11 is 5.88. The van der Waals surface area contributed by atoms with Crippen LogP contribution in [0.1, 0.15) is 44.4 Å². The van der Waals surface area contributed by atoms with E-state index in [1.165, 1.54) is 11.3 Å². The molecule has 1 aromatic heterocycles. The number of thiol groups is 1. The molecule has 8 heteroatoms. The SMILES string of the molecule is CC(C)C(S)C(=O)NC1(C(=O)NC(Cc2ccc(-c3ccccc3)s2)C(=O)O)CCCC1. The van der Waals surface area contributed by atoms with E-state index in [0.29, 0.717) is 12.8 Å². The molecule has 1 aliphatic carbocycles. The van der Waals surface area contributed by atoms with E-state index in [1.54, 1.807) is 0 Å². The molecule has 2 unspecified atom stereocenters. The van der Waals surface area contributed by atoms with Crippen LogP contribution in [0.3, 0.4) is 0 Å². The average Bonchev–Trinajstić information content (AvgIpc) is 3.43. The average molecular weight is 475 g/mol. The molecule has 1 fully saturated rings. The lowest BCUT2D eigenvalue weighted by atomic mass is 9.94. The van der Waals surface area contributed by atoms with Crippen LogP contribution in [0.2, 0.25) is 0 Å². The first-order valence-electron chi connectivity index (χ1n) is 10.9. The van der Waals surface area contributed by atoms with Crippen LogP contribution in [0.4, 0.5) is 0 Å². The number of carbonyl (C=O) groups is 3. The second kappa shape index (κ2) is 10.5. The summed E-state index contributed by atoms with van der Waals surface area (Å²) in [5, 5.41) is 14.8. The van der Waals surface area contributed by atoms with Gasteiger partial charge in [0.05, 0.1) is 5.25 Å². The minimum Gasteiger partial charge on any atom is -0.480 e. The van der Waals surface area contributed by atoms with Crippen molar-refractivity contribution in [2.45, 2.75) is 62.8 Å². The lowest BCUT2D eigenvalue weighted by Gasteiger charge is -2.32. The molecule has 1 aliphatic rings. The minimum atomic E-state index is -1.10. The zero-order chi connectivity index (χ0) is 23.3. The molecule has 172 valence electrons. The second-order valence-electron chi connectivity index (χ2n) is 8.67. The Morgan fingerprint density at radius 2 is 1.75 bits per heavy atom. The van der Waals surface area contributed by atoms with Crippen molar-refractivity contribution < 1.29 is 19.5 Å². The maximum absolute atomic E-state index is 13.2. The van der Waals surface area contributed by atoms with Crippen LogP contribution in [0.15, 0.2) is 42.5 Å². The van der Waals surface area contributed by atoms with E-state index in [4.69, 9.17) is 0 Å². The van der Waals surface area contributed by atoms with Crippen LogP contribution in [-0.4, -0.2) is 39.7 Å². The molecule has 3 rings (SSSR count). The molecule has 1 saturated carbocycles. The van der Waals surface area contributed by atoms with Gasteiger partial charge in [-0.3, -0.25) is 9.59 Å². The third-order valence-electron chi connectivity index (χ3n) is 5.88. The van der Waals surface area contributed by atoms with Crippen molar-refractivity contribution in [3.8, 4) is 10.4 Å². The molecule has 0 bridgehead atoms. The number of hydrogen-bond donors (Lipinski definition) is 4. The van der Waals surface area contributed by atoms with Gasteiger partial charge in [0.15, 0.2) is 0 Å². The second-order valence-corrected chi connectivity index (χ2v) is 10.4. The summed E-state index contributed by atoms with van der Waals surface area (Å²) < 4.78 is 0. The predicted octanol–water partition coefficient (Wildman–Crippen LogP) is 3.91. The number of aliphatic carboxylic acids is 1. The third-order valence-corrected chi connectivity index (χ3v) is 7.87. The van der Waals surface area contributed by atoms with Gasteiger partial charge in [0.2, 0.25) is 11.8 Å². The van der Waals surface area contributed by atoms with Crippen LogP contribution in [0.5, 0.6) is 0 Å². The fourth-order valence-corrected chi connectivity index (χ4v) is 5.07. The summed E-state index contributed by atoms with van der Waals surface area (Å²) in [6.45, 7) is 3.79. The van der Waals surface area contributed by atoms with Crippen molar-refractivity contribution >= 4 is 41.7 Å². The van der Waals surface area contributed by atoms with E-state index in [-0.39, 0.29) is 18.2 Å². The summed E-state index contributed by atoms with van der Waals surface area (Å²) in [5.41, 5.74) is -0.00979. The van der Waals surface area contributed by atoms with Crippen molar-refractivity contribution in [2.24, 2.45) is 5.92 Å². The molecular formula is C24H30N2O4S2. The molecule has 2 aromatic rings. The first kappa shape index (κ1) is 24.3. The van der Waals surface area contributed by atoms with Crippen molar-refractivity contribution in [1.82, 2.24) is 10.6 Å². The Labute approximate surface area is 198 Å². The maximum Gasteiger partial charge on any atom is 0.326 e. The number of nitrogens with one attached hydrogen (secondary N) is 2. The van der Waals surface area contributed by atoms with Crippen molar-refractivity contribution in [1.29, 1.82) is 0 Å². The van der Waals surface area contributed by atoms with E-state index in [1.807, 2.05) is 56.3 Å². The molecule has 32 heavy (non-hydrogen) atoms. The summed E-state index contributed by atoms with van der Waals surface area (Å²) in [7, 11) is 0. The number of thiophene rings is 1. The quantitative estimate of drug-likeness (QED) is 0.415. The van der Waals surface area contributed by atoms with Gasteiger partial charge in [0, 0.05) is 16.2 Å². The first-order valence-corrected chi connectivity index (χ1v) is 12.2. The van der Waals surface area contributed by atoms with Gasteiger partial charge >= 0.3 is 5.97 Å². The summed E-state index contributed by atoms with van der Waals surface area (Å²) in [4.78, 5) is 39.7. The van der Waals surface area contributed by atoms with E-state index in [9.17, 15) is 19.5 Å². The van der Waals surface area contributed by atoms with Gasteiger partial charge in [-0.1, -0.05) is 57.0 Å². The molecule has 3 N–H and O–H groups in total. The largest absolute Gasteiger partial charge is 0.480 e. The smallest absolute Gasteiger partial charge is 0.326 e. The Morgan fingerprint density at radius 3 is 2.34 bits per heavy atom. The highest BCUT2D eigenvalue weighted by Gasteiger charge is 2.44. The van der Waals surface area contributed by atoms with E-state index >= 15 is 0 Å². The number of hydrogen-bond acceptors (Lipinski definition) is 5. The van der Waals surface area contributed by atoms with Crippen LogP contribution >= 0.6 is 24.0 Å². The number of carboxylic acid groups (broad SMARTS) is 1. The Bertz CT molecular complexity index is 952. The number of rotatable bonds is 9. The van der Waals surface area contributed by atoms with Crippen LogP contribution in [0.25, 0.3) is 10.4 Å². The highest BCUT2D eigenvalue weighted by Crippen LogP contribution is 2.32. The monoisotopic (exact) mass is 474 g/mol. The first-order chi connectivity index (χ1) is 15.2. The Balaban J connectivity index is 1.72. The number of carboxylic acids is 1. The Hall–Kier alpha value is -2.32. The van der Waals surface area contributed by atoms with E-state index < -0.39 is 28.7 Å². The number of amides is 2. The molecule has 0 spiro atoms. The highest BCUT2D eigenvalue weighted by atomic mass is 32.1. The van der Waals surface area contributed by atoms with Gasteiger partial charge in [0.25, 0.3) is 0 Å². The Kier molecular flexibility index (Phi) is 8.00. The lowest BCUT2D eigenvalue weighted by molar-refractivity contribution is -0.143. The van der Waals surface area contributed by atoms with Crippen molar-refractivity contribution in [3.05, 3.63) is 47.3 Å². The molecule has 1 aromatic carbocycles. The van der Waals surface area contributed by atoms with E-state index in [2.05, 4.69) is 23.3 Å². The van der Waals surface area contributed by atoms with Gasteiger partial charge in [-0.15, -0.1) is 11.3 Å².